The number of aromatic nitrogens is 4. The van der Waals surface area contributed by atoms with E-state index in [4.69, 9.17) is 14.7 Å². The summed E-state index contributed by atoms with van der Waals surface area (Å²) in [6.07, 6.45) is 5.26. The number of aryl methyl sites for hydroxylation is 3. The van der Waals surface area contributed by atoms with Gasteiger partial charge in [0.25, 0.3) is 0 Å². The van der Waals surface area contributed by atoms with Crippen LogP contribution in [-0.4, -0.2) is 33.0 Å². The number of fused-ring (bicyclic) bond motifs is 8. The lowest BCUT2D eigenvalue weighted by molar-refractivity contribution is -0.140. The van der Waals surface area contributed by atoms with Crippen LogP contribution < -0.4 is 0 Å². The van der Waals surface area contributed by atoms with E-state index in [9.17, 15) is 15.3 Å². The highest BCUT2D eigenvalue weighted by Crippen LogP contribution is 2.47. The van der Waals surface area contributed by atoms with Crippen molar-refractivity contribution in [1.82, 2.24) is 19.9 Å². The van der Waals surface area contributed by atoms with Crippen LogP contribution in [0, 0.1) is 36.5 Å². The molecule has 0 amide bonds. The Labute approximate surface area is 257 Å². The Morgan fingerprint density at radius 3 is 2.45 bits per heavy atom. The van der Waals surface area contributed by atoms with Gasteiger partial charge in [-0.15, -0.1) is 0 Å². The molecule has 1 aliphatic carbocycles. The lowest BCUT2D eigenvalue weighted by atomic mass is 9.85. The summed E-state index contributed by atoms with van der Waals surface area (Å²) in [7, 11) is 1.43. The van der Waals surface area contributed by atoms with Gasteiger partial charge in [0.2, 0.25) is 0 Å². The molecule has 8 nitrogen and oxygen atoms in total. The van der Waals surface area contributed by atoms with Crippen molar-refractivity contribution in [3.8, 4) is 12.1 Å². The van der Waals surface area contributed by atoms with Crippen molar-refractivity contribution >= 4 is 45.3 Å². The second-order valence-corrected chi connectivity index (χ2v) is 12.0. The average Bonchev–Trinajstić information content (AvgIpc) is 3.78. The highest BCUT2D eigenvalue weighted by molar-refractivity contribution is 5.95. The predicted molar refractivity (Wildman–Crippen MR) is 172 cm³/mol. The van der Waals surface area contributed by atoms with Gasteiger partial charge in [-0.05, 0) is 98.6 Å². The van der Waals surface area contributed by atoms with Crippen molar-refractivity contribution in [2.75, 3.05) is 7.11 Å². The molecule has 3 aromatic heterocycles. The van der Waals surface area contributed by atoms with Crippen LogP contribution in [0.4, 0.5) is 0 Å². The summed E-state index contributed by atoms with van der Waals surface area (Å²) in [5, 5.41) is 19.2. The van der Waals surface area contributed by atoms with Gasteiger partial charge in [0, 0.05) is 62.8 Å². The van der Waals surface area contributed by atoms with Crippen molar-refractivity contribution in [2.24, 2.45) is 0 Å². The number of aromatic amines is 2. The molecule has 0 saturated heterocycles. The fourth-order valence-corrected chi connectivity index (χ4v) is 7.06. The van der Waals surface area contributed by atoms with Gasteiger partial charge < -0.3 is 14.7 Å². The number of ether oxygens (including phenoxy) is 1. The molecule has 8 bridgehead atoms. The maximum Gasteiger partial charge on any atom is 0.305 e. The first kappa shape index (κ1) is 29.1. The first-order chi connectivity index (χ1) is 21.2. The standard InChI is InChI=1S/C36H36N6O2/c1-7-23-18(2)29-14-33-27(12-22(16-37)17-38)21(5)28(40-33)13-30-20(4)25(10-11-34(43)44-6)36(41-30)26-9-8-24-19(3)31(42-35(24)26)15-32(23)39-29/h12-15,20,25,39-40H,7-11H2,1-6H3/t20-,25-/m0/s1. The molecule has 0 saturated carbocycles. The van der Waals surface area contributed by atoms with E-state index in [-0.39, 0.29) is 23.4 Å². The molecule has 0 fully saturated rings. The Morgan fingerprint density at radius 1 is 1.02 bits per heavy atom. The maximum absolute atomic E-state index is 12.2. The number of nitrogens with zero attached hydrogens (tertiary/aromatic N) is 4. The fraction of sp³-hybridized carbons (Fsp3) is 0.361. The summed E-state index contributed by atoms with van der Waals surface area (Å²) in [4.78, 5) is 29.9. The van der Waals surface area contributed by atoms with E-state index >= 15 is 0 Å². The molecule has 0 spiro atoms. The predicted octanol–water partition coefficient (Wildman–Crippen LogP) is 7.64. The second kappa shape index (κ2) is 11.3. The molecule has 5 heterocycles. The van der Waals surface area contributed by atoms with Crippen LogP contribution >= 0.6 is 0 Å². The summed E-state index contributed by atoms with van der Waals surface area (Å²) in [5.41, 5.74) is 15.4. The zero-order valence-corrected chi connectivity index (χ0v) is 26.1. The lowest BCUT2D eigenvalue weighted by Crippen LogP contribution is -2.09. The molecule has 222 valence electrons. The molecular formula is C36H36N6O2. The van der Waals surface area contributed by atoms with Gasteiger partial charge in [-0.2, -0.15) is 10.5 Å². The number of hydrogen-bond acceptors (Lipinski definition) is 6. The Hall–Kier alpha value is -4.95. The number of carbonyl (C=O) groups is 1. The molecule has 0 aromatic carbocycles. The Morgan fingerprint density at radius 2 is 1.75 bits per heavy atom. The van der Waals surface area contributed by atoms with Gasteiger partial charge in [-0.3, -0.25) is 9.78 Å². The number of nitriles is 2. The van der Waals surface area contributed by atoms with Crippen molar-refractivity contribution < 1.29 is 9.53 Å². The third kappa shape index (κ3) is 4.72. The molecule has 0 unspecified atom stereocenters. The van der Waals surface area contributed by atoms with E-state index in [0.29, 0.717) is 12.8 Å². The Bertz CT molecular complexity index is 2030. The van der Waals surface area contributed by atoms with Crippen molar-refractivity contribution in [3.05, 3.63) is 74.4 Å². The second-order valence-electron chi connectivity index (χ2n) is 12.0. The number of esters is 1. The summed E-state index contributed by atoms with van der Waals surface area (Å²) >= 11 is 0. The van der Waals surface area contributed by atoms with Gasteiger partial charge in [0.1, 0.15) is 17.7 Å². The van der Waals surface area contributed by atoms with Crippen LogP contribution in [0.5, 0.6) is 0 Å². The summed E-state index contributed by atoms with van der Waals surface area (Å²) < 4.78 is 4.99. The fourth-order valence-electron chi connectivity index (χ4n) is 7.06. The zero-order valence-electron chi connectivity index (χ0n) is 26.1. The lowest BCUT2D eigenvalue weighted by Gasteiger charge is -2.16. The molecule has 3 aliphatic rings. The van der Waals surface area contributed by atoms with Crippen LogP contribution in [0.25, 0.3) is 39.3 Å². The van der Waals surface area contributed by atoms with E-state index in [1.807, 2.05) is 19.1 Å². The summed E-state index contributed by atoms with van der Waals surface area (Å²) in [6.45, 7) is 10.6. The molecule has 44 heavy (non-hydrogen) atoms. The monoisotopic (exact) mass is 584 g/mol. The maximum atomic E-state index is 12.2. The molecule has 0 radical (unpaired) electrons. The van der Waals surface area contributed by atoms with Crippen LogP contribution in [0.2, 0.25) is 0 Å². The highest BCUT2D eigenvalue weighted by atomic mass is 16.5. The molecule has 2 N–H and O–H groups in total. The van der Waals surface area contributed by atoms with Crippen molar-refractivity contribution in [1.29, 1.82) is 10.5 Å². The molecular weight excluding hydrogens is 548 g/mol. The van der Waals surface area contributed by atoms with E-state index in [1.165, 1.54) is 29.4 Å². The summed E-state index contributed by atoms with van der Waals surface area (Å²) in [6, 6.07) is 10.3. The number of methoxy groups -OCH3 is 1. The number of nitrogens with one attached hydrogen (secondary N) is 2. The third-order valence-electron chi connectivity index (χ3n) is 9.70. The number of H-pyrrole nitrogens is 2. The Balaban J connectivity index is 1.74. The minimum Gasteiger partial charge on any atom is -0.469 e. The van der Waals surface area contributed by atoms with Gasteiger partial charge in [0.15, 0.2) is 0 Å². The minimum atomic E-state index is -0.224. The molecule has 8 heteroatoms. The van der Waals surface area contributed by atoms with Crippen LogP contribution in [-0.2, 0) is 22.4 Å². The Kier molecular flexibility index (Phi) is 7.47. The van der Waals surface area contributed by atoms with Crippen LogP contribution in [0.3, 0.4) is 0 Å². The largest absolute Gasteiger partial charge is 0.469 e. The van der Waals surface area contributed by atoms with Gasteiger partial charge >= 0.3 is 5.97 Å². The number of allylic oxidation sites excluding steroid dienone is 3. The molecule has 6 rings (SSSR count). The van der Waals surface area contributed by atoms with E-state index in [0.717, 1.165) is 80.8 Å². The van der Waals surface area contributed by atoms with Crippen LogP contribution in [0.1, 0.15) is 102 Å². The van der Waals surface area contributed by atoms with E-state index < -0.39 is 0 Å². The topological polar surface area (TPSA) is 131 Å². The van der Waals surface area contributed by atoms with Gasteiger partial charge in [-0.1, -0.05) is 13.8 Å². The smallest absolute Gasteiger partial charge is 0.305 e. The number of hydrogen-bond donors (Lipinski definition) is 2. The SMILES string of the molecule is CCc1c(C)c2cc3[nH]c(cc4nc(c5c6nc(cc1[nH]2)C(C)=C6CC5)[C@@H](CCC(=O)OC)[C@@H]4C)c(C)c3C=C(C#N)C#N. The number of carbonyl (C=O) groups excluding carboxylic acids is 1. The molecule has 2 atom stereocenters. The third-order valence-corrected chi connectivity index (χ3v) is 9.70. The summed E-state index contributed by atoms with van der Waals surface area (Å²) in [5.74, 6) is -0.115. The molecule has 2 aliphatic heterocycles. The average molecular weight is 585 g/mol. The molecule has 3 aromatic rings. The first-order valence-electron chi connectivity index (χ1n) is 15.2. The van der Waals surface area contributed by atoms with Crippen LogP contribution in [0.15, 0.2) is 23.8 Å². The van der Waals surface area contributed by atoms with Gasteiger partial charge in [0.05, 0.1) is 18.5 Å². The first-order valence-corrected chi connectivity index (χ1v) is 15.2. The van der Waals surface area contributed by atoms with Crippen molar-refractivity contribution in [2.45, 2.75) is 78.6 Å². The van der Waals surface area contributed by atoms with E-state index in [2.05, 4.69) is 55.9 Å². The normalized spacial score (nSPS) is 16.9. The quantitative estimate of drug-likeness (QED) is 0.234. The highest BCUT2D eigenvalue weighted by Gasteiger charge is 2.35. The van der Waals surface area contributed by atoms with E-state index in [1.54, 1.807) is 6.08 Å². The zero-order chi connectivity index (χ0) is 31.3. The van der Waals surface area contributed by atoms with Crippen molar-refractivity contribution in [3.63, 3.8) is 0 Å². The number of rotatable bonds is 5. The minimum absolute atomic E-state index is 0.0394. The van der Waals surface area contributed by atoms with Gasteiger partial charge in [-0.25, -0.2) is 4.98 Å².